The highest BCUT2D eigenvalue weighted by Crippen LogP contribution is 2.19. The lowest BCUT2D eigenvalue weighted by molar-refractivity contribution is -0.121. The first-order valence-electron chi connectivity index (χ1n) is 8.78. The number of rotatable bonds is 7. The molecule has 0 saturated heterocycles. The molecule has 0 bridgehead atoms. The topological polar surface area (TPSA) is 86.9 Å². The second-order valence-electron chi connectivity index (χ2n) is 6.38. The van der Waals surface area contributed by atoms with E-state index in [1.54, 1.807) is 12.1 Å². The Hall–Kier alpha value is -3.22. The van der Waals surface area contributed by atoms with Gasteiger partial charge >= 0.3 is 0 Å². The zero-order valence-electron chi connectivity index (χ0n) is 15.0. The van der Waals surface area contributed by atoms with Crippen molar-refractivity contribution in [2.24, 2.45) is 0 Å². The van der Waals surface area contributed by atoms with E-state index in [0.29, 0.717) is 25.2 Å². The number of hydrogen-bond acceptors (Lipinski definition) is 3. The molecule has 6 nitrogen and oxygen atoms in total. The van der Waals surface area contributed by atoms with Gasteiger partial charge in [0.25, 0.3) is 5.91 Å². The minimum atomic E-state index is -0.296. The van der Waals surface area contributed by atoms with Crippen LogP contribution in [0.1, 0.15) is 35.3 Å². The summed E-state index contributed by atoms with van der Waals surface area (Å²) in [6.45, 7) is 2.54. The predicted molar refractivity (Wildman–Crippen MR) is 101 cm³/mol. The lowest BCUT2D eigenvalue weighted by atomic mass is 9.97. The zero-order valence-corrected chi connectivity index (χ0v) is 15.0. The number of para-hydroxylation sites is 1. The Morgan fingerprint density at radius 3 is 2.56 bits per heavy atom. The van der Waals surface area contributed by atoms with Crippen molar-refractivity contribution in [3.63, 3.8) is 0 Å². The minimum absolute atomic E-state index is 0.0180. The van der Waals surface area contributed by atoms with E-state index < -0.39 is 0 Å². The van der Waals surface area contributed by atoms with Gasteiger partial charge in [0, 0.05) is 24.9 Å². The van der Waals surface area contributed by atoms with Crippen LogP contribution in [0.15, 0.2) is 48.5 Å². The van der Waals surface area contributed by atoms with E-state index in [2.05, 4.69) is 20.8 Å². The van der Waals surface area contributed by atoms with Gasteiger partial charge in [-0.15, -0.1) is 0 Å². The average Bonchev–Trinajstić information content (AvgIpc) is 3.10. The Balaban J connectivity index is 1.42. The molecular formula is C20H21FN4O2. The number of benzene rings is 2. The summed E-state index contributed by atoms with van der Waals surface area (Å²) in [5.41, 5.74) is 2.04. The van der Waals surface area contributed by atoms with E-state index in [1.165, 1.54) is 12.1 Å². The van der Waals surface area contributed by atoms with Crippen LogP contribution >= 0.6 is 0 Å². The van der Waals surface area contributed by atoms with Crippen molar-refractivity contribution in [3.8, 4) is 0 Å². The van der Waals surface area contributed by atoms with Crippen LogP contribution < -0.4 is 10.6 Å². The van der Waals surface area contributed by atoms with Gasteiger partial charge in [-0.3, -0.25) is 14.7 Å². The first-order valence-corrected chi connectivity index (χ1v) is 8.78. The van der Waals surface area contributed by atoms with E-state index >= 15 is 0 Å². The monoisotopic (exact) mass is 368 g/mol. The maximum absolute atomic E-state index is 13.0. The first-order chi connectivity index (χ1) is 13.0. The smallest absolute Gasteiger partial charge is 0.272 e. The molecule has 140 valence electrons. The second kappa shape index (κ2) is 8.44. The van der Waals surface area contributed by atoms with Crippen LogP contribution in [0.2, 0.25) is 0 Å². The Morgan fingerprint density at radius 2 is 1.78 bits per heavy atom. The number of aromatic nitrogens is 2. The Labute approximate surface area is 156 Å². The number of carbonyl (C=O) groups excluding carboxylic acids is 2. The van der Waals surface area contributed by atoms with Gasteiger partial charge in [-0.25, -0.2) is 4.39 Å². The van der Waals surface area contributed by atoms with Crippen molar-refractivity contribution in [2.45, 2.75) is 19.3 Å². The van der Waals surface area contributed by atoms with Crippen molar-refractivity contribution in [1.82, 2.24) is 20.8 Å². The number of fused-ring (bicyclic) bond motifs is 1. The normalized spacial score (nSPS) is 11.9. The largest absolute Gasteiger partial charge is 0.354 e. The van der Waals surface area contributed by atoms with Crippen LogP contribution in [-0.4, -0.2) is 35.1 Å². The lowest BCUT2D eigenvalue weighted by Crippen LogP contribution is -2.35. The number of amides is 2. The maximum Gasteiger partial charge on any atom is 0.272 e. The molecule has 0 aliphatic heterocycles. The molecule has 0 saturated carbocycles. The van der Waals surface area contributed by atoms with Crippen LogP contribution in [0.3, 0.4) is 0 Å². The van der Waals surface area contributed by atoms with Crippen LogP contribution in [0.4, 0.5) is 4.39 Å². The molecule has 0 aliphatic rings. The maximum atomic E-state index is 13.0. The van der Waals surface area contributed by atoms with Crippen molar-refractivity contribution >= 4 is 22.7 Å². The molecule has 0 fully saturated rings. The van der Waals surface area contributed by atoms with Gasteiger partial charge in [-0.05, 0) is 29.7 Å². The first kappa shape index (κ1) is 18.6. The molecule has 0 radical (unpaired) electrons. The zero-order chi connectivity index (χ0) is 19.2. The van der Waals surface area contributed by atoms with Crippen molar-refractivity contribution in [1.29, 1.82) is 0 Å². The highest BCUT2D eigenvalue weighted by atomic mass is 19.1. The van der Waals surface area contributed by atoms with E-state index in [4.69, 9.17) is 0 Å². The molecule has 7 heteroatoms. The van der Waals surface area contributed by atoms with Gasteiger partial charge < -0.3 is 10.6 Å². The molecule has 3 aromatic rings. The van der Waals surface area contributed by atoms with E-state index in [9.17, 15) is 14.0 Å². The fourth-order valence-electron chi connectivity index (χ4n) is 2.86. The summed E-state index contributed by atoms with van der Waals surface area (Å²) >= 11 is 0. The number of carbonyl (C=O) groups is 2. The van der Waals surface area contributed by atoms with Crippen LogP contribution in [0.25, 0.3) is 10.9 Å². The summed E-state index contributed by atoms with van der Waals surface area (Å²) in [5, 5.41) is 13.1. The van der Waals surface area contributed by atoms with E-state index in [1.807, 2.05) is 31.2 Å². The van der Waals surface area contributed by atoms with E-state index in [0.717, 1.165) is 16.5 Å². The van der Waals surface area contributed by atoms with Gasteiger partial charge in [-0.1, -0.05) is 37.3 Å². The Kier molecular flexibility index (Phi) is 5.80. The van der Waals surface area contributed by atoms with Crippen LogP contribution in [0.5, 0.6) is 0 Å². The third kappa shape index (κ3) is 4.69. The molecule has 0 spiro atoms. The van der Waals surface area contributed by atoms with Crippen LogP contribution in [0, 0.1) is 5.82 Å². The second-order valence-corrected chi connectivity index (χ2v) is 6.38. The summed E-state index contributed by atoms with van der Waals surface area (Å²) < 4.78 is 13.0. The number of nitrogens with zero attached hydrogens (tertiary/aromatic N) is 1. The van der Waals surface area contributed by atoms with Gasteiger partial charge in [-0.2, -0.15) is 5.10 Å². The summed E-state index contributed by atoms with van der Waals surface area (Å²) in [4.78, 5) is 24.2. The van der Waals surface area contributed by atoms with Crippen molar-refractivity contribution in [3.05, 3.63) is 65.6 Å². The third-order valence-corrected chi connectivity index (χ3v) is 4.35. The van der Waals surface area contributed by atoms with Gasteiger partial charge in [0.15, 0.2) is 5.69 Å². The molecule has 3 rings (SSSR count). The molecular weight excluding hydrogens is 347 g/mol. The fraction of sp³-hybridized carbons (Fsp3) is 0.250. The number of hydrogen-bond donors (Lipinski definition) is 3. The van der Waals surface area contributed by atoms with Gasteiger partial charge in [0.1, 0.15) is 5.82 Å². The lowest BCUT2D eigenvalue weighted by Gasteiger charge is -2.12. The molecule has 1 aromatic heterocycles. The molecule has 2 amide bonds. The highest BCUT2D eigenvalue weighted by molar-refractivity contribution is 6.04. The third-order valence-electron chi connectivity index (χ3n) is 4.35. The van der Waals surface area contributed by atoms with Crippen molar-refractivity contribution in [2.75, 3.05) is 13.1 Å². The number of nitrogens with one attached hydrogen (secondary N) is 3. The summed E-state index contributed by atoms with van der Waals surface area (Å²) in [6, 6.07) is 13.5. The predicted octanol–water partition coefficient (Wildman–Crippen LogP) is 2.74. The molecule has 27 heavy (non-hydrogen) atoms. The number of halogens is 1. The summed E-state index contributed by atoms with van der Waals surface area (Å²) in [7, 11) is 0. The highest BCUT2D eigenvalue weighted by Gasteiger charge is 2.14. The number of H-pyrrole nitrogens is 1. The fourth-order valence-corrected chi connectivity index (χ4v) is 2.86. The average molecular weight is 368 g/mol. The molecule has 1 atom stereocenters. The molecule has 1 unspecified atom stereocenters. The molecule has 0 aliphatic carbocycles. The van der Waals surface area contributed by atoms with E-state index in [-0.39, 0.29) is 23.5 Å². The standard InChI is InChI=1S/C20H21FN4O2/c1-13(14-6-8-15(21)9-7-14)12-18(26)22-10-11-23-20(27)19-16-4-2-3-5-17(16)24-25-19/h2-9,13H,10-12H2,1H3,(H,22,26)(H,23,27)(H,24,25). The SMILES string of the molecule is CC(CC(=O)NCCNC(=O)c1n[nH]c2ccccc12)c1ccc(F)cc1. The van der Waals surface area contributed by atoms with Gasteiger partial charge in [0.05, 0.1) is 5.52 Å². The quantitative estimate of drug-likeness (QED) is 0.561. The summed E-state index contributed by atoms with van der Waals surface area (Å²) in [6.07, 6.45) is 0.295. The Bertz CT molecular complexity index is 937. The van der Waals surface area contributed by atoms with Gasteiger partial charge in [0.2, 0.25) is 5.91 Å². The molecule has 3 N–H and O–H groups in total. The Morgan fingerprint density at radius 1 is 1.07 bits per heavy atom. The molecule has 2 aromatic carbocycles. The number of aromatic amines is 1. The van der Waals surface area contributed by atoms with Crippen LogP contribution in [-0.2, 0) is 4.79 Å². The minimum Gasteiger partial charge on any atom is -0.354 e. The summed E-state index contributed by atoms with van der Waals surface area (Å²) in [5.74, 6) is -0.723. The van der Waals surface area contributed by atoms with Crippen molar-refractivity contribution < 1.29 is 14.0 Å². The molecule has 1 heterocycles.